The van der Waals surface area contributed by atoms with E-state index < -0.39 is 0 Å². The molecule has 3 nitrogen and oxygen atoms in total. The number of nitrogens with one attached hydrogen (secondary N) is 1. The Balaban J connectivity index is 2.47. The topological polar surface area (TPSA) is 24.5 Å². The van der Waals surface area contributed by atoms with Gasteiger partial charge in [0.05, 0.1) is 7.11 Å². The van der Waals surface area contributed by atoms with E-state index in [0.717, 1.165) is 18.8 Å². The summed E-state index contributed by atoms with van der Waals surface area (Å²) in [7, 11) is 3.95. The monoisotopic (exact) mass is 276 g/mol. The van der Waals surface area contributed by atoms with Gasteiger partial charge < -0.3 is 15.0 Å². The Morgan fingerprint density at radius 2 is 2.10 bits per heavy atom. The van der Waals surface area contributed by atoms with Crippen molar-refractivity contribution in [1.82, 2.24) is 5.32 Å². The van der Waals surface area contributed by atoms with Crippen LogP contribution in [0, 0.1) is 0 Å². The molecule has 1 aromatic rings. The van der Waals surface area contributed by atoms with Gasteiger partial charge in [-0.2, -0.15) is 0 Å². The molecule has 1 aliphatic heterocycles. The van der Waals surface area contributed by atoms with Crippen molar-refractivity contribution >= 4 is 5.69 Å². The van der Waals surface area contributed by atoms with Crippen molar-refractivity contribution in [2.24, 2.45) is 0 Å². The molecule has 1 N–H and O–H groups in total. The molecule has 20 heavy (non-hydrogen) atoms. The quantitative estimate of drug-likeness (QED) is 0.910. The highest BCUT2D eigenvalue weighted by molar-refractivity contribution is 5.63. The van der Waals surface area contributed by atoms with Crippen LogP contribution in [0.15, 0.2) is 12.1 Å². The van der Waals surface area contributed by atoms with E-state index >= 15 is 0 Å². The number of rotatable bonds is 4. The van der Waals surface area contributed by atoms with Gasteiger partial charge in [0.2, 0.25) is 0 Å². The summed E-state index contributed by atoms with van der Waals surface area (Å²) < 4.78 is 5.59. The van der Waals surface area contributed by atoms with Gasteiger partial charge in [-0.25, -0.2) is 0 Å². The van der Waals surface area contributed by atoms with Crippen molar-refractivity contribution in [3.63, 3.8) is 0 Å². The first-order valence-corrected chi connectivity index (χ1v) is 7.56. The van der Waals surface area contributed by atoms with E-state index in [1.807, 2.05) is 0 Å². The zero-order chi connectivity index (χ0) is 14.9. The Morgan fingerprint density at radius 1 is 1.40 bits per heavy atom. The summed E-state index contributed by atoms with van der Waals surface area (Å²) in [5.41, 5.74) is 4.21. The number of ether oxygens (including phenoxy) is 1. The molecule has 0 aliphatic carbocycles. The molecule has 0 saturated heterocycles. The van der Waals surface area contributed by atoms with Gasteiger partial charge in [-0.1, -0.05) is 13.8 Å². The summed E-state index contributed by atoms with van der Waals surface area (Å²) in [6, 6.07) is 4.53. The zero-order valence-electron chi connectivity index (χ0n) is 13.7. The molecule has 0 amide bonds. The van der Waals surface area contributed by atoms with Crippen LogP contribution >= 0.6 is 0 Å². The van der Waals surface area contributed by atoms with Crippen molar-refractivity contribution in [2.45, 2.75) is 52.1 Å². The molecule has 112 valence electrons. The van der Waals surface area contributed by atoms with Gasteiger partial charge in [-0.05, 0) is 44.4 Å². The molecule has 1 aromatic carbocycles. The summed E-state index contributed by atoms with van der Waals surface area (Å²) >= 11 is 0. The van der Waals surface area contributed by atoms with Gasteiger partial charge >= 0.3 is 0 Å². The van der Waals surface area contributed by atoms with E-state index in [0.29, 0.717) is 5.92 Å². The number of nitrogens with zero attached hydrogens (tertiary/aromatic N) is 1. The van der Waals surface area contributed by atoms with E-state index in [4.69, 9.17) is 4.74 Å². The van der Waals surface area contributed by atoms with Crippen LogP contribution in [0.3, 0.4) is 0 Å². The van der Waals surface area contributed by atoms with Crippen LogP contribution in [-0.4, -0.2) is 26.2 Å². The summed E-state index contributed by atoms with van der Waals surface area (Å²) in [6.07, 6.45) is 1.18. The minimum absolute atomic E-state index is 0.195. The number of methoxy groups -OCH3 is 1. The Kier molecular flexibility index (Phi) is 4.28. The fourth-order valence-electron chi connectivity index (χ4n) is 3.23. The Hall–Kier alpha value is -1.22. The lowest BCUT2D eigenvalue weighted by molar-refractivity contribution is 0.387. The summed E-state index contributed by atoms with van der Waals surface area (Å²) in [6.45, 7) is 10.9. The molecule has 0 fully saturated rings. The normalized spacial score (nSPS) is 20.7. The highest BCUT2D eigenvalue weighted by Crippen LogP contribution is 2.44. The molecule has 0 spiro atoms. The average Bonchev–Trinajstić information content (AvgIpc) is 2.41. The lowest BCUT2D eigenvalue weighted by Crippen LogP contribution is -2.45. The minimum Gasteiger partial charge on any atom is -0.496 e. The SMILES string of the molecule is CCNCc1cc2c(cc1OC)N(C)C(C)(C)CC2C. The third-order valence-corrected chi connectivity index (χ3v) is 4.60. The van der Waals surface area contributed by atoms with E-state index in [1.54, 1.807) is 7.11 Å². The summed E-state index contributed by atoms with van der Waals surface area (Å²) in [5.74, 6) is 1.57. The first-order chi connectivity index (χ1) is 9.40. The number of fused-ring (bicyclic) bond motifs is 1. The molecular weight excluding hydrogens is 248 g/mol. The van der Waals surface area contributed by atoms with Gasteiger partial charge in [-0.15, -0.1) is 0 Å². The van der Waals surface area contributed by atoms with Gasteiger partial charge in [0, 0.05) is 36.4 Å². The lowest BCUT2D eigenvalue weighted by atomic mass is 9.80. The second-order valence-corrected chi connectivity index (χ2v) is 6.48. The Bertz CT molecular complexity index is 482. The molecule has 0 saturated carbocycles. The maximum absolute atomic E-state index is 5.59. The van der Waals surface area contributed by atoms with Crippen LogP contribution < -0.4 is 15.0 Å². The minimum atomic E-state index is 0.195. The van der Waals surface area contributed by atoms with Gasteiger partial charge in [0.15, 0.2) is 0 Å². The van der Waals surface area contributed by atoms with Crippen LogP contribution in [0.1, 0.15) is 51.2 Å². The standard InChI is InChI=1S/C17H28N2O/c1-7-18-11-13-8-14-12(2)10-17(3,4)19(5)15(14)9-16(13)20-6/h8-9,12,18H,7,10-11H2,1-6H3. The molecule has 1 atom stereocenters. The zero-order valence-corrected chi connectivity index (χ0v) is 13.7. The molecule has 1 heterocycles. The largest absolute Gasteiger partial charge is 0.496 e. The molecule has 2 rings (SSSR count). The van der Waals surface area contributed by atoms with Gasteiger partial charge in [0.25, 0.3) is 0 Å². The first-order valence-electron chi connectivity index (χ1n) is 7.56. The fraction of sp³-hybridized carbons (Fsp3) is 0.647. The summed E-state index contributed by atoms with van der Waals surface area (Å²) in [4.78, 5) is 2.39. The Morgan fingerprint density at radius 3 is 2.70 bits per heavy atom. The van der Waals surface area contributed by atoms with Gasteiger partial charge in [0.1, 0.15) is 5.75 Å². The van der Waals surface area contributed by atoms with Crippen molar-refractivity contribution in [3.8, 4) is 5.75 Å². The van der Waals surface area contributed by atoms with E-state index in [-0.39, 0.29) is 5.54 Å². The van der Waals surface area contributed by atoms with Gasteiger partial charge in [-0.3, -0.25) is 0 Å². The highest BCUT2D eigenvalue weighted by atomic mass is 16.5. The fourth-order valence-corrected chi connectivity index (χ4v) is 3.23. The second-order valence-electron chi connectivity index (χ2n) is 6.48. The predicted octanol–water partition coefficient (Wildman–Crippen LogP) is 3.53. The molecule has 0 aromatic heterocycles. The molecule has 0 bridgehead atoms. The Labute approximate surface area is 123 Å². The van der Waals surface area contributed by atoms with Crippen molar-refractivity contribution in [3.05, 3.63) is 23.3 Å². The molecule has 1 aliphatic rings. The third kappa shape index (κ3) is 2.64. The average molecular weight is 276 g/mol. The number of anilines is 1. The van der Waals surface area contributed by atoms with E-state index in [9.17, 15) is 0 Å². The summed E-state index contributed by atoms with van der Waals surface area (Å²) in [5, 5.41) is 3.39. The van der Waals surface area contributed by atoms with Crippen molar-refractivity contribution in [1.29, 1.82) is 0 Å². The van der Waals surface area contributed by atoms with Crippen LogP contribution in [0.4, 0.5) is 5.69 Å². The number of hydrogen-bond acceptors (Lipinski definition) is 3. The first kappa shape index (κ1) is 15.2. The number of hydrogen-bond donors (Lipinski definition) is 1. The smallest absolute Gasteiger partial charge is 0.125 e. The molecule has 1 unspecified atom stereocenters. The number of benzene rings is 1. The van der Waals surface area contributed by atoms with E-state index in [1.165, 1.54) is 23.2 Å². The third-order valence-electron chi connectivity index (χ3n) is 4.60. The second kappa shape index (κ2) is 5.65. The van der Waals surface area contributed by atoms with E-state index in [2.05, 4.69) is 57.1 Å². The van der Waals surface area contributed by atoms with Crippen LogP contribution in [0.25, 0.3) is 0 Å². The lowest BCUT2D eigenvalue weighted by Gasteiger charge is -2.45. The highest BCUT2D eigenvalue weighted by Gasteiger charge is 2.34. The molecule has 3 heteroatoms. The maximum Gasteiger partial charge on any atom is 0.125 e. The van der Waals surface area contributed by atoms with Crippen molar-refractivity contribution < 1.29 is 4.74 Å². The van der Waals surface area contributed by atoms with Crippen LogP contribution in [0.5, 0.6) is 5.75 Å². The molecular formula is C17H28N2O. The predicted molar refractivity (Wildman–Crippen MR) is 85.9 cm³/mol. The van der Waals surface area contributed by atoms with Crippen molar-refractivity contribution in [2.75, 3.05) is 25.6 Å². The van der Waals surface area contributed by atoms with Crippen LogP contribution in [0.2, 0.25) is 0 Å². The maximum atomic E-state index is 5.59. The van der Waals surface area contributed by atoms with Crippen LogP contribution in [-0.2, 0) is 6.54 Å². The molecule has 0 radical (unpaired) electrons.